The number of aromatic hydroxyl groups is 1. The third-order valence-corrected chi connectivity index (χ3v) is 4.73. The zero-order valence-electron chi connectivity index (χ0n) is 15.2. The van der Waals surface area contributed by atoms with E-state index in [1.807, 2.05) is 32.0 Å². The Bertz CT molecular complexity index is 1040. The van der Waals surface area contributed by atoms with Crippen molar-refractivity contribution in [1.29, 1.82) is 0 Å². The minimum Gasteiger partial charge on any atom is -0.506 e. The second-order valence-corrected chi connectivity index (χ2v) is 6.21. The van der Waals surface area contributed by atoms with E-state index in [4.69, 9.17) is 0 Å². The van der Waals surface area contributed by atoms with Crippen LogP contribution < -0.4 is 10.9 Å². The molecule has 0 aliphatic heterocycles. The summed E-state index contributed by atoms with van der Waals surface area (Å²) in [7, 11) is 1.62. The van der Waals surface area contributed by atoms with Crippen LogP contribution in [0.15, 0.2) is 47.3 Å². The number of nitrogens with zero attached hydrogens (tertiary/aromatic N) is 1. The van der Waals surface area contributed by atoms with Crippen molar-refractivity contribution in [2.45, 2.75) is 26.7 Å². The van der Waals surface area contributed by atoms with Crippen LogP contribution in [-0.4, -0.2) is 15.6 Å². The van der Waals surface area contributed by atoms with Gasteiger partial charge in [-0.05, 0) is 42.2 Å². The number of pyridine rings is 1. The predicted molar refractivity (Wildman–Crippen MR) is 104 cm³/mol. The number of aromatic nitrogens is 1. The summed E-state index contributed by atoms with van der Waals surface area (Å²) in [5, 5.41) is 14.1. The molecule has 0 bridgehead atoms. The molecule has 0 saturated carbocycles. The molecule has 3 aromatic rings. The van der Waals surface area contributed by atoms with Crippen molar-refractivity contribution < 1.29 is 9.90 Å². The molecule has 0 unspecified atom stereocenters. The molecule has 5 nitrogen and oxygen atoms in total. The maximum atomic E-state index is 12.7. The summed E-state index contributed by atoms with van der Waals surface area (Å²) in [5.74, 6) is -0.858. The molecule has 0 spiro atoms. The number of rotatable bonds is 4. The minimum absolute atomic E-state index is 0.230. The first-order valence-electron chi connectivity index (χ1n) is 8.72. The third-order valence-electron chi connectivity index (χ3n) is 4.73. The van der Waals surface area contributed by atoms with Crippen LogP contribution in [0, 0.1) is 0 Å². The Morgan fingerprint density at radius 3 is 2.38 bits per heavy atom. The van der Waals surface area contributed by atoms with Gasteiger partial charge in [-0.1, -0.05) is 38.1 Å². The topological polar surface area (TPSA) is 71.3 Å². The lowest BCUT2D eigenvalue weighted by atomic mass is 9.95. The summed E-state index contributed by atoms with van der Waals surface area (Å²) >= 11 is 0. The van der Waals surface area contributed by atoms with Gasteiger partial charge in [0.2, 0.25) is 0 Å². The number of anilines is 1. The summed E-state index contributed by atoms with van der Waals surface area (Å²) < 4.78 is 1.42. The van der Waals surface area contributed by atoms with Gasteiger partial charge >= 0.3 is 0 Å². The number of fused-ring (bicyclic) bond motifs is 1. The summed E-state index contributed by atoms with van der Waals surface area (Å²) in [6, 6.07) is 12.7. The number of carbonyl (C=O) groups is 1. The average molecular weight is 350 g/mol. The SMILES string of the molecule is CCc1ccc2c(c(O)c(C(=O)Nc3ccccc3)c(=O)n2C)c1CC. The van der Waals surface area contributed by atoms with E-state index < -0.39 is 11.5 Å². The van der Waals surface area contributed by atoms with Gasteiger partial charge < -0.3 is 15.0 Å². The summed E-state index contributed by atoms with van der Waals surface area (Å²) in [6.07, 6.45) is 1.51. The number of hydrogen-bond acceptors (Lipinski definition) is 3. The Morgan fingerprint density at radius 2 is 1.77 bits per heavy atom. The molecule has 1 aromatic heterocycles. The largest absolute Gasteiger partial charge is 0.506 e. The van der Waals surface area contributed by atoms with Crippen molar-refractivity contribution in [2.24, 2.45) is 7.05 Å². The van der Waals surface area contributed by atoms with E-state index in [9.17, 15) is 14.7 Å². The quantitative estimate of drug-likeness (QED) is 0.755. The Morgan fingerprint density at radius 1 is 1.08 bits per heavy atom. The molecular weight excluding hydrogens is 328 g/mol. The van der Waals surface area contributed by atoms with Crippen molar-refractivity contribution in [1.82, 2.24) is 4.57 Å². The van der Waals surface area contributed by atoms with Crippen LogP contribution in [0.1, 0.15) is 35.3 Å². The van der Waals surface area contributed by atoms with Crippen LogP contribution >= 0.6 is 0 Å². The van der Waals surface area contributed by atoms with Gasteiger partial charge in [0.15, 0.2) is 0 Å². The van der Waals surface area contributed by atoms with Gasteiger partial charge in [-0.25, -0.2) is 0 Å². The fourth-order valence-corrected chi connectivity index (χ4v) is 3.38. The van der Waals surface area contributed by atoms with E-state index in [0.717, 1.165) is 17.5 Å². The van der Waals surface area contributed by atoms with E-state index >= 15 is 0 Å². The number of hydrogen-bond donors (Lipinski definition) is 2. The molecule has 1 heterocycles. The summed E-state index contributed by atoms with van der Waals surface area (Å²) in [4.78, 5) is 25.5. The molecule has 0 saturated heterocycles. The lowest BCUT2D eigenvalue weighted by Crippen LogP contribution is -2.28. The van der Waals surface area contributed by atoms with Crippen LogP contribution in [0.5, 0.6) is 5.75 Å². The van der Waals surface area contributed by atoms with Gasteiger partial charge in [-0.3, -0.25) is 9.59 Å². The molecule has 26 heavy (non-hydrogen) atoms. The second kappa shape index (κ2) is 7.04. The molecular formula is C21H22N2O3. The molecule has 0 aliphatic rings. The maximum Gasteiger partial charge on any atom is 0.267 e. The molecule has 2 aromatic carbocycles. The van der Waals surface area contributed by atoms with Gasteiger partial charge in [-0.2, -0.15) is 0 Å². The van der Waals surface area contributed by atoms with Crippen molar-refractivity contribution in [2.75, 3.05) is 5.32 Å². The lowest BCUT2D eigenvalue weighted by Gasteiger charge is -2.16. The highest BCUT2D eigenvalue weighted by atomic mass is 16.3. The van der Waals surface area contributed by atoms with Gasteiger partial charge in [-0.15, -0.1) is 0 Å². The van der Waals surface area contributed by atoms with Crippen molar-refractivity contribution >= 4 is 22.5 Å². The van der Waals surface area contributed by atoms with E-state index in [1.54, 1.807) is 31.3 Å². The van der Waals surface area contributed by atoms with Crippen LogP contribution in [0.4, 0.5) is 5.69 Å². The zero-order chi connectivity index (χ0) is 18.8. The summed E-state index contributed by atoms with van der Waals surface area (Å²) in [5.41, 5.74) is 2.51. The molecule has 1 amide bonds. The number of aryl methyl sites for hydroxylation is 3. The van der Waals surface area contributed by atoms with E-state index in [-0.39, 0.29) is 11.3 Å². The van der Waals surface area contributed by atoms with Crippen LogP contribution in [0.3, 0.4) is 0 Å². The smallest absolute Gasteiger partial charge is 0.267 e. The van der Waals surface area contributed by atoms with Crippen molar-refractivity contribution in [3.8, 4) is 5.75 Å². The second-order valence-electron chi connectivity index (χ2n) is 6.21. The Balaban J connectivity index is 2.26. The molecule has 0 fully saturated rings. The number of nitrogens with one attached hydrogen (secondary N) is 1. The average Bonchev–Trinajstić information content (AvgIpc) is 2.65. The number of carbonyl (C=O) groups excluding carboxylic acids is 1. The van der Waals surface area contributed by atoms with Crippen LogP contribution in [-0.2, 0) is 19.9 Å². The Hall–Kier alpha value is -3.08. The van der Waals surface area contributed by atoms with Gasteiger partial charge in [0, 0.05) is 18.1 Å². The Kier molecular flexibility index (Phi) is 4.80. The fourth-order valence-electron chi connectivity index (χ4n) is 3.38. The first kappa shape index (κ1) is 17.7. The lowest BCUT2D eigenvalue weighted by molar-refractivity contribution is 0.102. The van der Waals surface area contributed by atoms with E-state index in [1.165, 1.54) is 4.57 Å². The van der Waals surface area contributed by atoms with E-state index in [0.29, 0.717) is 23.0 Å². The number of benzene rings is 2. The monoisotopic (exact) mass is 350 g/mol. The van der Waals surface area contributed by atoms with Crippen LogP contribution in [0.25, 0.3) is 10.9 Å². The molecule has 134 valence electrons. The van der Waals surface area contributed by atoms with Gasteiger partial charge in [0.05, 0.1) is 5.52 Å². The normalized spacial score (nSPS) is 10.9. The highest BCUT2D eigenvalue weighted by molar-refractivity contribution is 6.09. The molecule has 2 N–H and O–H groups in total. The first-order chi connectivity index (χ1) is 12.5. The van der Waals surface area contributed by atoms with Crippen molar-refractivity contribution in [3.63, 3.8) is 0 Å². The van der Waals surface area contributed by atoms with Crippen LogP contribution in [0.2, 0.25) is 0 Å². The predicted octanol–water partition coefficient (Wildman–Crippen LogP) is 3.62. The highest BCUT2D eigenvalue weighted by Gasteiger charge is 2.23. The fraction of sp³-hybridized carbons (Fsp3) is 0.238. The maximum absolute atomic E-state index is 12.7. The summed E-state index contributed by atoms with van der Waals surface area (Å²) in [6.45, 7) is 4.05. The molecule has 3 rings (SSSR count). The molecule has 0 atom stereocenters. The van der Waals surface area contributed by atoms with E-state index in [2.05, 4.69) is 5.32 Å². The highest BCUT2D eigenvalue weighted by Crippen LogP contribution is 2.32. The minimum atomic E-state index is -0.611. The number of para-hydroxylation sites is 1. The standard InChI is InChI=1S/C21H22N2O3/c1-4-13-11-12-16-17(15(13)5-2)19(24)18(21(26)23(16)3)20(25)22-14-9-7-6-8-10-14/h6-12,24H,4-5H2,1-3H3,(H,22,25). The first-order valence-corrected chi connectivity index (χ1v) is 8.72. The van der Waals surface area contributed by atoms with Gasteiger partial charge in [0.25, 0.3) is 11.5 Å². The van der Waals surface area contributed by atoms with Crippen molar-refractivity contribution in [3.05, 3.63) is 69.5 Å². The molecule has 0 radical (unpaired) electrons. The Labute approximate surface area is 151 Å². The third kappa shape index (κ3) is 2.86. The molecule has 5 heteroatoms. The number of amides is 1. The van der Waals surface area contributed by atoms with Gasteiger partial charge in [0.1, 0.15) is 11.3 Å². The molecule has 0 aliphatic carbocycles. The zero-order valence-corrected chi connectivity index (χ0v) is 15.2.